The smallest absolute Gasteiger partial charge is 0.308 e. The first-order chi connectivity index (χ1) is 17.8. The first kappa shape index (κ1) is 26.6. The lowest BCUT2D eigenvalue weighted by Crippen LogP contribution is -2.63. The monoisotopic (exact) mass is 526 g/mol. The van der Waals surface area contributed by atoms with E-state index in [1.807, 2.05) is 48.5 Å². The van der Waals surface area contributed by atoms with Gasteiger partial charge in [-0.05, 0) is 58.8 Å². The van der Waals surface area contributed by atoms with E-state index < -0.39 is 16.6 Å². The van der Waals surface area contributed by atoms with Crippen molar-refractivity contribution in [1.29, 1.82) is 0 Å². The van der Waals surface area contributed by atoms with Gasteiger partial charge in [0.1, 0.15) is 11.5 Å². The molecule has 2 unspecified atom stereocenters. The van der Waals surface area contributed by atoms with Crippen LogP contribution >= 0.6 is 0 Å². The number of hydrogen-bond acceptors (Lipinski definition) is 4. The van der Waals surface area contributed by atoms with E-state index in [1.165, 1.54) is 17.3 Å². The van der Waals surface area contributed by atoms with Crippen LogP contribution in [0.2, 0.25) is 13.1 Å². The van der Waals surface area contributed by atoms with Crippen molar-refractivity contribution < 1.29 is 18.4 Å². The summed E-state index contributed by atoms with van der Waals surface area (Å²) >= 11 is 0. The van der Waals surface area contributed by atoms with Gasteiger partial charge >= 0.3 is 5.97 Å². The van der Waals surface area contributed by atoms with Gasteiger partial charge in [0.2, 0.25) is 16.6 Å². The molecule has 0 aliphatic carbocycles. The van der Waals surface area contributed by atoms with E-state index in [2.05, 4.69) is 73.8 Å². The second kappa shape index (κ2) is 11.7. The molecule has 190 valence electrons. The Morgan fingerprint density at radius 2 is 1.03 bits per heavy atom. The second-order valence-corrected chi connectivity index (χ2v) is 17.3. The van der Waals surface area contributed by atoms with E-state index in [9.17, 15) is 4.79 Å². The van der Waals surface area contributed by atoms with E-state index in [-0.39, 0.29) is 5.97 Å². The lowest BCUT2D eigenvalue weighted by atomic mass is 10.2. The van der Waals surface area contributed by atoms with Crippen LogP contribution in [0.3, 0.4) is 0 Å². The fourth-order valence-electron chi connectivity index (χ4n) is 4.95. The van der Waals surface area contributed by atoms with Crippen LogP contribution in [0, 0.1) is 0 Å². The molecule has 0 radical (unpaired) electrons. The summed E-state index contributed by atoms with van der Waals surface area (Å²) in [5, 5.41) is 2.45. The third-order valence-corrected chi connectivity index (χ3v) is 15.5. The zero-order valence-corrected chi connectivity index (χ0v) is 23.9. The lowest BCUT2D eigenvalue weighted by molar-refractivity contribution is -0.131. The molecule has 4 aromatic carbocycles. The Kier molecular flexibility index (Phi) is 8.43. The van der Waals surface area contributed by atoms with Crippen molar-refractivity contribution in [2.75, 3.05) is 7.11 Å². The Labute approximate surface area is 222 Å². The predicted molar refractivity (Wildman–Crippen MR) is 155 cm³/mol. The zero-order valence-electron chi connectivity index (χ0n) is 21.9. The molecule has 0 aliphatic rings. The normalized spacial score (nSPS) is 14.3. The minimum absolute atomic E-state index is 0.323. The highest BCUT2D eigenvalue weighted by molar-refractivity contribution is 6.97. The molecule has 0 aromatic heterocycles. The number of hydrogen-bond donors (Lipinski definition) is 0. The van der Waals surface area contributed by atoms with Crippen molar-refractivity contribution in [3.8, 4) is 11.5 Å². The lowest BCUT2D eigenvalue weighted by Gasteiger charge is -2.40. The van der Waals surface area contributed by atoms with Crippen LogP contribution in [0.1, 0.15) is 18.1 Å². The summed E-state index contributed by atoms with van der Waals surface area (Å²) in [6.07, 6.45) is 0. The molecule has 0 fully saturated rings. The van der Waals surface area contributed by atoms with Gasteiger partial charge in [0.15, 0.2) is 0 Å². The Morgan fingerprint density at radius 1 is 0.622 bits per heavy atom. The molecule has 37 heavy (non-hydrogen) atoms. The van der Waals surface area contributed by atoms with Gasteiger partial charge in [0.05, 0.1) is 7.11 Å². The van der Waals surface area contributed by atoms with Crippen LogP contribution in [0.15, 0.2) is 109 Å². The fourth-order valence-corrected chi connectivity index (χ4v) is 14.7. The number of rotatable bonds is 10. The highest BCUT2D eigenvalue weighted by atomic mass is 28.4. The summed E-state index contributed by atoms with van der Waals surface area (Å²) in [4.78, 5) is 11.8. The number of esters is 1. The molecule has 4 aromatic rings. The van der Waals surface area contributed by atoms with E-state index in [4.69, 9.17) is 13.6 Å². The summed E-state index contributed by atoms with van der Waals surface area (Å²) in [6, 6.07) is 38.6. The second-order valence-electron chi connectivity index (χ2n) is 9.66. The third kappa shape index (κ3) is 6.46. The summed E-state index contributed by atoms with van der Waals surface area (Å²) in [6.45, 7) is 6.03. The van der Waals surface area contributed by atoms with Gasteiger partial charge in [-0.25, -0.2) is 0 Å². The molecule has 0 bridgehead atoms. The standard InChI is InChI=1S/C31H34O4Si2/c1-25(32)34-31-22-14-12-16-27(31)24-37(4,29-19-9-6-10-20-29)35-36(3,28-17-7-5-8-18-28)23-26-15-11-13-21-30(26)33-2/h5-22H,23-24H2,1-4H3. The molecule has 0 saturated heterocycles. The average Bonchev–Trinajstić information content (AvgIpc) is 2.91. The van der Waals surface area contributed by atoms with Crippen LogP contribution in [0.5, 0.6) is 11.5 Å². The van der Waals surface area contributed by atoms with Crippen LogP contribution in [0.4, 0.5) is 0 Å². The Bertz CT molecular complexity index is 1330. The average molecular weight is 527 g/mol. The van der Waals surface area contributed by atoms with Crippen LogP contribution in [0.25, 0.3) is 0 Å². The Balaban J connectivity index is 1.81. The highest BCUT2D eigenvalue weighted by Gasteiger charge is 2.43. The molecule has 4 rings (SSSR count). The summed E-state index contributed by atoms with van der Waals surface area (Å²) < 4.78 is 18.9. The van der Waals surface area contributed by atoms with Gasteiger partial charge in [0, 0.05) is 6.92 Å². The molecular weight excluding hydrogens is 493 g/mol. The van der Waals surface area contributed by atoms with Gasteiger partial charge < -0.3 is 13.6 Å². The maximum atomic E-state index is 11.8. The van der Waals surface area contributed by atoms with Gasteiger partial charge in [-0.1, -0.05) is 97.1 Å². The fraction of sp³-hybridized carbons (Fsp3) is 0.194. The van der Waals surface area contributed by atoms with Gasteiger partial charge in [-0.15, -0.1) is 0 Å². The van der Waals surface area contributed by atoms with Crippen molar-refractivity contribution in [3.63, 3.8) is 0 Å². The molecule has 4 nitrogen and oxygen atoms in total. The van der Waals surface area contributed by atoms with Crippen molar-refractivity contribution in [1.82, 2.24) is 0 Å². The van der Waals surface area contributed by atoms with Crippen LogP contribution in [-0.4, -0.2) is 29.7 Å². The van der Waals surface area contributed by atoms with E-state index in [0.717, 1.165) is 22.9 Å². The largest absolute Gasteiger partial charge is 0.496 e. The van der Waals surface area contributed by atoms with E-state index in [1.54, 1.807) is 7.11 Å². The quantitative estimate of drug-likeness (QED) is 0.156. The molecule has 0 aliphatic heterocycles. The first-order valence-corrected chi connectivity index (χ1v) is 17.8. The topological polar surface area (TPSA) is 44.8 Å². The minimum Gasteiger partial charge on any atom is -0.496 e. The molecule has 2 atom stereocenters. The summed E-state index contributed by atoms with van der Waals surface area (Å²) in [5.41, 5.74) is 2.13. The maximum Gasteiger partial charge on any atom is 0.308 e. The van der Waals surface area contributed by atoms with E-state index >= 15 is 0 Å². The number of methoxy groups -OCH3 is 1. The maximum absolute atomic E-state index is 11.8. The molecule has 0 saturated carbocycles. The van der Waals surface area contributed by atoms with Crippen LogP contribution < -0.4 is 19.8 Å². The molecule has 6 heteroatoms. The summed E-state index contributed by atoms with van der Waals surface area (Å²) in [7, 11) is -3.46. The number of carbonyl (C=O) groups is 1. The number of para-hydroxylation sites is 2. The van der Waals surface area contributed by atoms with Gasteiger partial charge in [0.25, 0.3) is 0 Å². The van der Waals surface area contributed by atoms with E-state index in [0.29, 0.717) is 11.8 Å². The molecule has 0 heterocycles. The Hall–Kier alpha value is -3.46. The highest BCUT2D eigenvalue weighted by Crippen LogP contribution is 2.29. The third-order valence-electron chi connectivity index (χ3n) is 6.69. The van der Waals surface area contributed by atoms with Crippen molar-refractivity contribution >= 4 is 33.0 Å². The number of benzene rings is 4. The van der Waals surface area contributed by atoms with Gasteiger partial charge in [-0.3, -0.25) is 4.79 Å². The summed E-state index contributed by atoms with van der Waals surface area (Å²) in [5.74, 6) is 1.15. The Morgan fingerprint density at radius 3 is 1.49 bits per heavy atom. The zero-order chi connectivity index (χ0) is 26.3. The van der Waals surface area contributed by atoms with Crippen molar-refractivity contribution in [2.45, 2.75) is 32.1 Å². The molecule has 0 spiro atoms. The molecule has 0 amide bonds. The van der Waals surface area contributed by atoms with Gasteiger partial charge in [-0.2, -0.15) is 0 Å². The first-order valence-electron chi connectivity index (χ1n) is 12.5. The molecule has 0 N–H and O–H groups in total. The SMILES string of the molecule is COc1ccccc1C[Si](C)(O[Si](C)(Cc1ccccc1OC(C)=O)c1ccccc1)c1ccccc1. The number of carbonyl (C=O) groups excluding carboxylic acids is 1. The van der Waals surface area contributed by atoms with Crippen LogP contribution in [-0.2, 0) is 21.0 Å². The predicted octanol–water partition coefficient (Wildman–Crippen LogP) is 5.47. The van der Waals surface area contributed by atoms with Crippen molar-refractivity contribution in [3.05, 3.63) is 120 Å². The number of ether oxygens (including phenoxy) is 2. The van der Waals surface area contributed by atoms with Crippen molar-refractivity contribution in [2.24, 2.45) is 0 Å². The molecular formula is C31H34O4Si2. The minimum atomic E-state index is -2.62.